The van der Waals surface area contributed by atoms with Crippen LogP contribution in [0.2, 0.25) is 0 Å². The number of aliphatic hydroxyl groups is 1. The van der Waals surface area contributed by atoms with Crippen molar-refractivity contribution >= 4 is 11.9 Å². The summed E-state index contributed by atoms with van der Waals surface area (Å²) in [5.74, 6) is -1.29. The minimum Gasteiger partial charge on any atom is -0.481 e. The van der Waals surface area contributed by atoms with Crippen molar-refractivity contribution in [2.24, 2.45) is 5.92 Å². The normalized spacial score (nSPS) is 15.6. The molecule has 0 aliphatic heterocycles. The van der Waals surface area contributed by atoms with Crippen LogP contribution in [-0.4, -0.2) is 32.9 Å². The number of rotatable bonds is 17. The van der Waals surface area contributed by atoms with Gasteiger partial charge in [-0.1, -0.05) is 103 Å². The highest BCUT2D eigenvalue weighted by atomic mass is 16.4. The predicted octanol–water partition coefficient (Wildman–Crippen LogP) is 5.93. The van der Waals surface area contributed by atoms with E-state index in [1.807, 2.05) is 0 Å². The first-order valence-corrected chi connectivity index (χ1v) is 11.6. The van der Waals surface area contributed by atoms with Crippen molar-refractivity contribution in [3.05, 3.63) is 0 Å². The quantitative estimate of drug-likeness (QED) is 0.264. The summed E-state index contributed by atoms with van der Waals surface area (Å²) in [6.45, 7) is 0. The largest absolute Gasteiger partial charge is 0.481 e. The van der Waals surface area contributed by atoms with Crippen LogP contribution in [-0.2, 0) is 9.59 Å². The predicted molar refractivity (Wildman–Crippen MR) is 111 cm³/mol. The minimum absolute atomic E-state index is 0.243. The molecule has 1 aliphatic rings. The van der Waals surface area contributed by atoms with Crippen molar-refractivity contribution < 1.29 is 24.9 Å². The van der Waals surface area contributed by atoms with Gasteiger partial charge in [-0.2, -0.15) is 0 Å². The third-order valence-electron chi connectivity index (χ3n) is 6.19. The Labute approximate surface area is 170 Å². The van der Waals surface area contributed by atoms with Gasteiger partial charge in [0, 0.05) is 0 Å². The smallest absolute Gasteiger partial charge is 0.306 e. The van der Waals surface area contributed by atoms with E-state index in [0.717, 1.165) is 18.8 Å². The molecule has 5 nitrogen and oxygen atoms in total. The molecule has 0 aromatic heterocycles. The van der Waals surface area contributed by atoms with Crippen LogP contribution in [0.3, 0.4) is 0 Å². The molecular weight excluding hydrogens is 356 g/mol. The third kappa shape index (κ3) is 13.1. The molecule has 1 rings (SSSR count). The highest BCUT2D eigenvalue weighted by molar-refractivity contribution is 5.72. The van der Waals surface area contributed by atoms with Crippen LogP contribution >= 0.6 is 0 Å². The van der Waals surface area contributed by atoms with Crippen LogP contribution in [0.15, 0.2) is 0 Å². The lowest BCUT2D eigenvalue weighted by molar-refractivity contribution is -0.149. The fourth-order valence-electron chi connectivity index (χ4n) is 4.58. The summed E-state index contributed by atoms with van der Waals surface area (Å²) in [5, 5.41) is 27.9. The second-order valence-corrected chi connectivity index (χ2v) is 8.94. The summed E-state index contributed by atoms with van der Waals surface area (Å²) in [6.07, 6.45) is 19.7. The molecular formula is C23H42O5. The SMILES string of the molecule is O=C(O)CC(O)(CCCCCCCCCCCCC1CCCCC1)CC(=O)O. The number of carbonyl (C=O) groups is 2. The molecule has 3 N–H and O–H groups in total. The maximum atomic E-state index is 10.8. The number of unbranched alkanes of at least 4 members (excludes halogenated alkanes) is 9. The molecule has 1 saturated carbocycles. The summed E-state index contributed by atoms with van der Waals surface area (Å²) in [6, 6.07) is 0. The summed E-state index contributed by atoms with van der Waals surface area (Å²) in [7, 11) is 0. The minimum atomic E-state index is -1.62. The number of aliphatic carboxylic acids is 2. The molecule has 0 atom stereocenters. The first-order chi connectivity index (χ1) is 13.4. The molecule has 5 heteroatoms. The van der Waals surface area contributed by atoms with Crippen molar-refractivity contribution in [2.45, 2.75) is 128 Å². The first kappa shape index (κ1) is 24.9. The van der Waals surface area contributed by atoms with Gasteiger partial charge in [0.1, 0.15) is 0 Å². The van der Waals surface area contributed by atoms with E-state index in [4.69, 9.17) is 10.2 Å². The zero-order valence-corrected chi connectivity index (χ0v) is 17.7. The maximum Gasteiger partial charge on any atom is 0.306 e. The maximum absolute atomic E-state index is 10.8. The number of carboxylic acids is 2. The van der Waals surface area contributed by atoms with E-state index in [1.165, 1.54) is 83.5 Å². The monoisotopic (exact) mass is 398 g/mol. The van der Waals surface area contributed by atoms with Crippen LogP contribution in [0, 0.1) is 5.92 Å². The van der Waals surface area contributed by atoms with Crippen LogP contribution in [0.25, 0.3) is 0 Å². The molecule has 0 spiro atoms. The Kier molecular flexibility index (Phi) is 13.2. The molecule has 0 unspecified atom stereocenters. The zero-order valence-electron chi connectivity index (χ0n) is 17.7. The standard InChI is InChI=1S/C23H42O5/c24-21(25)18-23(28,19-22(26)27)17-13-8-6-4-2-1-3-5-7-10-14-20-15-11-9-12-16-20/h20,28H,1-19H2,(H,24,25)(H,26,27). The molecule has 1 fully saturated rings. The van der Waals surface area contributed by atoms with E-state index in [9.17, 15) is 14.7 Å². The summed E-state index contributed by atoms with van der Waals surface area (Å²) in [5.41, 5.74) is -1.62. The van der Waals surface area contributed by atoms with Gasteiger partial charge in [-0.3, -0.25) is 9.59 Å². The lowest BCUT2D eigenvalue weighted by Crippen LogP contribution is -2.34. The second kappa shape index (κ2) is 14.8. The van der Waals surface area contributed by atoms with Gasteiger partial charge in [-0.05, 0) is 12.3 Å². The lowest BCUT2D eigenvalue weighted by atomic mass is 9.85. The van der Waals surface area contributed by atoms with Gasteiger partial charge in [0.05, 0.1) is 18.4 Å². The average Bonchev–Trinajstić information content (AvgIpc) is 2.62. The Balaban J connectivity index is 1.92. The third-order valence-corrected chi connectivity index (χ3v) is 6.19. The topological polar surface area (TPSA) is 94.8 Å². The summed E-state index contributed by atoms with van der Waals surface area (Å²) in [4.78, 5) is 21.7. The molecule has 0 radical (unpaired) electrons. The zero-order chi connectivity index (χ0) is 20.7. The Morgan fingerprint density at radius 2 is 1.11 bits per heavy atom. The molecule has 0 amide bonds. The van der Waals surface area contributed by atoms with Crippen molar-refractivity contribution in [3.8, 4) is 0 Å². The van der Waals surface area contributed by atoms with E-state index < -0.39 is 30.4 Å². The second-order valence-electron chi connectivity index (χ2n) is 8.94. The molecule has 0 heterocycles. The first-order valence-electron chi connectivity index (χ1n) is 11.6. The summed E-state index contributed by atoms with van der Waals surface area (Å²) < 4.78 is 0. The number of carboxylic acid groups (broad SMARTS) is 2. The molecule has 0 bridgehead atoms. The van der Waals surface area contributed by atoms with Gasteiger partial charge < -0.3 is 15.3 Å². The van der Waals surface area contributed by atoms with Crippen LogP contribution < -0.4 is 0 Å². The molecule has 164 valence electrons. The van der Waals surface area contributed by atoms with Crippen LogP contribution in [0.4, 0.5) is 0 Å². The fourth-order valence-corrected chi connectivity index (χ4v) is 4.58. The molecule has 1 aliphatic carbocycles. The molecule has 28 heavy (non-hydrogen) atoms. The van der Waals surface area contributed by atoms with E-state index in [2.05, 4.69) is 0 Å². The van der Waals surface area contributed by atoms with Crippen molar-refractivity contribution in [1.29, 1.82) is 0 Å². The Bertz CT molecular complexity index is 413. The molecule has 0 aromatic rings. The van der Waals surface area contributed by atoms with Gasteiger partial charge in [0.15, 0.2) is 0 Å². The highest BCUT2D eigenvalue weighted by Gasteiger charge is 2.32. The average molecular weight is 399 g/mol. The van der Waals surface area contributed by atoms with Gasteiger partial charge >= 0.3 is 11.9 Å². The van der Waals surface area contributed by atoms with Crippen molar-refractivity contribution in [3.63, 3.8) is 0 Å². The lowest BCUT2D eigenvalue weighted by Gasteiger charge is -2.24. The van der Waals surface area contributed by atoms with E-state index in [1.54, 1.807) is 0 Å². The van der Waals surface area contributed by atoms with E-state index in [-0.39, 0.29) is 6.42 Å². The molecule has 0 saturated heterocycles. The number of hydrogen-bond acceptors (Lipinski definition) is 3. The van der Waals surface area contributed by atoms with Gasteiger partial charge in [-0.25, -0.2) is 0 Å². The molecule has 0 aromatic carbocycles. The van der Waals surface area contributed by atoms with Crippen LogP contribution in [0.5, 0.6) is 0 Å². The van der Waals surface area contributed by atoms with Gasteiger partial charge in [-0.15, -0.1) is 0 Å². The summed E-state index contributed by atoms with van der Waals surface area (Å²) >= 11 is 0. The van der Waals surface area contributed by atoms with Crippen molar-refractivity contribution in [2.75, 3.05) is 0 Å². The van der Waals surface area contributed by atoms with Gasteiger partial charge in [0.2, 0.25) is 0 Å². The van der Waals surface area contributed by atoms with Crippen molar-refractivity contribution in [1.82, 2.24) is 0 Å². The van der Waals surface area contributed by atoms with Gasteiger partial charge in [0.25, 0.3) is 0 Å². The Morgan fingerprint density at radius 1 is 0.679 bits per heavy atom. The van der Waals surface area contributed by atoms with Crippen LogP contribution in [0.1, 0.15) is 122 Å². The Morgan fingerprint density at radius 3 is 1.57 bits per heavy atom. The van der Waals surface area contributed by atoms with E-state index >= 15 is 0 Å². The Hall–Kier alpha value is -1.10. The fraction of sp³-hybridized carbons (Fsp3) is 0.913. The number of hydrogen-bond donors (Lipinski definition) is 3. The van der Waals surface area contributed by atoms with E-state index in [0.29, 0.717) is 6.42 Å². The highest BCUT2D eigenvalue weighted by Crippen LogP contribution is 2.28.